The van der Waals surface area contributed by atoms with Gasteiger partial charge in [-0.1, -0.05) is 64.2 Å². The van der Waals surface area contributed by atoms with Gasteiger partial charge in [0, 0.05) is 0 Å². The van der Waals surface area contributed by atoms with Gasteiger partial charge in [-0.3, -0.25) is 0 Å². The molecule has 0 aliphatic heterocycles. The van der Waals surface area contributed by atoms with E-state index in [1.165, 1.54) is 44.1 Å². The lowest BCUT2D eigenvalue weighted by Gasteiger charge is -2.32. The van der Waals surface area contributed by atoms with E-state index in [0.29, 0.717) is 0 Å². The molecule has 0 radical (unpaired) electrons. The fourth-order valence-electron chi connectivity index (χ4n) is 2.95. The minimum absolute atomic E-state index is 0.782. The molecule has 0 nitrogen and oxygen atoms in total. The van der Waals surface area contributed by atoms with Crippen LogP contribution in [0.4, 0.5) is 0 Å². The van der Waals surface area contributed by atoms with E-state index in [1.807, 2.05) is 26.0 Å². The van der Waals surface area contributed by atoms with Crippen molar-refractivity contribution in [3.63, 3.8) is 0 Å². The number of hydrogen-bond donors (Lipinski definition) is 0. The SMILES string of the molecule is C=C=C=CC1=CC(C(CCCC=C)CCCC(C)C)C1.CC. The molecule has 0 aromatic rings. The molecule has 22 heavy (non-hydrogen) atoms. The third kappa shape index (κ3) is 8.93. The highest BCUT2D eigenvalue weighted by atomic mass is 14.3. The molecule has 0 bridgehead atoms. The zero-order valence-corrected chi connectivity index (χ0v) is 15.3. The average molecular weight is 301 g/mol. The first-order valence-electron chi connectivity index (χ1n) is 9.09. The van der Waals surface area contributed by atoms with Crippen LogP contribution in [0.25, 0.3) is 0 Å². The van der Waals surface area contributed by atoms with Crippen LogP contribution in [0.2, 0.25) is 0 Å². The van der Waals surface area contributed by atoms with Crippen LogP contribution >= 0.6 is 0 Å². The fourth-order valence-corrected chi connectivity index (χ4v) is 2.95. The van der Waals surface area contributed by atoms with Crippen molar-refractivity contribution < 1.29 is 0 Å². The molecule has 0 aromatic heterocycles. The number of rotatable bonds is 10. The molecule has 1 rings (SSSR count). The van der Waals surface area contributed by atoms with E-state index < -0.39 is 0 Å². The minimum atomic E-state index is 0.782. The van der Waals surface area contributed by atoms with Gasteiger partial charge in [0.2, 0.25) is 0 Å². The van der Waals surface area contributed by atoms with Crippen LogP contribution in [0.3, 0.4) is 0 Å². The molecule has 0 heteroatoms. The van der Waals surface area contributed by atoms with Gasteiger partial charge in [-0.2, -0.15) is 0 Å². The van der Waals surface area contributed by atoms with Crippen LogP contribution in [0.5, 0.6) is 0 Å². The van der Waals surface area contributed by atoms with Crippen molar-refractivity contribution in [2.75, 3.05) is 0 Å². The van der Waals surface area contributed by atoms with E-state index in [0.717, 1.165) is 24.2 Å². The summed E-state index contributed by atoms with van der Waals surface area (Å²) in [6.45, 7) is 16.0. The molecule has 1 aliphatic carbocycles. The van der Waals surface area contributed by atoms with Crippen molar-refractivity contribution in [2.24, 2.45) is 17.8 Å². The molecule has 0 N–H and O–H groups in total. The summed E-state index contributed by atoms with van der Waals surface area (Å²) < 4.78 is 0. The third-order valence-corrected chi connectivity index (χ3v) is 4.20. The van der Waals surface area contributed by atoms with E-state index in [-0.39, 0.29) is 0 Å². The summed E-state index contributed by atoms with van der Waals surface area (Å²) in [5.41, 5.74) is 7.05. The zero-order chi connectivity index (χ0) is 16.8. The van der Waals surface area contributed by atoms with E-state index in [2.05, 4.69) is 44.5 Å². The van der Waals surface area contributed by atoms with Crippen molar-refractivity contribution in [1.29, 1.82) is 0 Å². The summed E-state index contributed by atoms with van der Waals surface area (Å²) in [5, 5.41) is 0. The highest BCUT2D eigenvalue weighted by molar-refractivity contribution is 5.28. The summed E-state index contributed by atoms with van der Waals surface area (Å²) in [6.07, 6.45) is 15.6. The summed E-state index contributed by atoms with van der Waals surface area (Å²) in [4.78, 5) is 0. The molecule has 0 saturated heterocycles. The Labute approximate surface area is 139 Å². The smallest absolute Gasteiger partial charge is 0.00863 e. The maximum Gasteiger partial charge on any atom is -0.00863 e. The quantitative estimate of drug-likeness (QED) is 0.226. The van der Waals surface area contributed by atoms with Crippen LogP contribution in [0.15, 0.2) is 48.4 Å². The normalized spacial score (nSPS) is 17.1. The van der Waals surface area contributed by atoms with Gasteiger partial charge in [-0.25, -0.2) is 0 Å². The Morgan fingerprint density at radius 2 is 1.86 bits per heavy atom. The van der Waals surface area contributed by atoms with Gasteiger partial charge in [0.25, 0.3) is 0 Å². The second-order valence-corrected chi connectivity index (χ2v) is 6.38. The summed E-state index contributed by atoms with van der Waals surface area (Å²) >= 11 is 0. The molecular formula is C22H36. The van der Waals surface area contributed by atoms with Gasteiger partial charge >= 0.3 is 0 Å². The lowest BCUT2D eigenvalue weighted by molar-refractivity contribution is 0.301. The molecule has 0 spiro atoms. The van der Waals surface area contributed by atoms with E-state index >= 15 is 0 Å². The molecule has 0 amide bonds. The highest BCUT2D eigenvalue weighted by Gasteiger charge is 2.25. The minimum Gasteiger partial charge on any atom is -0.103 e. The van der Waals surface area contributed by atoms with Gasteiger partial charge in [0.1, 0.15) is 0 Å². The molecule has 124 valence electrons. The molecule has 2 unspecified atom stereocenters. The second kappa shape index (κ2) is 13.4. The van der Waals surface area contributed by atoms with Crippen molar-refractivity contribution in [2.45, 2.75) is 72.6 Å². The Kier molecular flexibility index (Phi) is 12.7. The van der Waals surface area contributed by atoms with Crippen LogP contribution in [-0.4, -0.2) is 0 Å². The third-order valence-electron chi connectivity index (χ3n) is 4.20. The topological polar surface area (TPSA) is 0 Å². The maximum absolute atomic E-state index is 3.83. The Hall–Kier alpha value is -1.22. The van der Waals surface area contributed by atoms with E-state index in [1.54, 1.807) is 0 Å². The van der Waals surface area contributed by atoms with Crippen LogP contribution in [0, 0.1) is 17.8 Å². The van der Waals surface area contributed by atoms with Gasteiger partial charge < -0.3 is 0 Å². The summed E-state index contributed by atoms with van der Waals surface area (Å²) in [6, 6.07) is 0. The standard InChI is InChI=1S/C20H30.C2H6/c1-5-7-9-13-19(14-10-11-17(3)4)20-15-18(16-20)12-8-6-2;1-2/h5,12,15,17,19-20H,1-2,7,9-11,13-14,16H2,3-4H3;1-2H3. The number of allylic oxidation sites excluding steroid dienone is 4. The lowest BCUT2D eigenvalue weighted by atomic mass is 9.73. The lowest BCUT2D eigenvalue weighted by Crippen LogP contribution is -2.20. The van der Waals surface area contributed by atoms with Gasteiger partial charge in [-0.15, -0.1) is 6.58 Å². The molecule has 2 atom stereocenters. The number of hydrogen-bond acceptors (Lipinski definition) is 0. The Morgan fingerprint density at radius 1 is 1.23 bits per heavy atom. The van der Waals surface area contributed by atoms with Gasteiger partial charge in [-0.05, 0) is 68.1 Å². The Bertz CT molecular complexity index is 398. The van der Waals surface area contributed by atoms with Crippen molar-refractivity contribution in [3.05, 3.63) is 48.4 Å². The van der Waals surface area contributed by atoms with E-state index in [9.17, 15) is 0 Å². The van der Waals surface area contributed by atoms with Crippen LogP contribution < -0.4 is 0 Å². The molecule has 0 heterocycles. The van der Waals surface area contributed by atoms with Gasteiger partial charge in [0.15, 0.2) is 0 Å². The molecule has 0 fully saturated rings. The average Bonchev–Trinajstić information content (AvgIpc) is 2.47. The van der Waals surface area contributed by atoms with Crippen LogP contribution in [-0.2, 0) is 0 Å². The van der Waals surface area contributed by atoms with E-state index in [4.69, 9.17) is 0 Å². The molecule has 1 aliphatic rings. The second-order valence-electron chi connectivity index (χ2n) is 6.38. The first-order chi connectivity index (χ1) is 10.7. The van der Waals surface area contributed by atoms with Crippen molar-refractivity contribution in [1.82, 2.24) is 0 Å². The zero-order valence-electron chi connectivity index (χ0n) is 15.3. The molecular weight excluding hydrogens is 264 g/mol. The van der Waals surface area contributed by atoms with Crippen molar-refractivity contribution >= 4 is 0 Å². The molecule has 0 saturated carbocycles. The summed E-state index contributed by atoms with van der Waals surface area (Å²) in [7, 11) is 0. The fraction of sp³-hybridized carbons (Fsp3) is 0.636. The Morgan fingerprint density at radius 3 is 2.41 bits per heavy atom. The van der Waals surface area contributed by atoms with Crippen LogP contribution in [0.1, 0.15) is 72.6 Å². The van der Waals surface area contributed by atoms with Crippen molar-refractivity contribution in [3.8, 4) is 0 Å². The largest absolute Gasteiger partial charge is 0.103 e. The number of unbranched alkanes of at least 4 members (excludes halogenated alkanes) is 1. The predicted molar refractivity (Wildman–Crippen MR) is 101 cm³/mol. The highest BCUT2D eigenvalue weighted by Crippen LogP contribution is 2.38. The Balaban J connectivity index is 0.00000211. The van der Waals surface area contributed by atoms with Gasteiger partial charge in [0.05, 0.1) is 0 Å². The maximum atomic E-state index is 3.83. The summed E-state index contributed by atoms with van der Waals surface area (Å²) in [5.74, 6) is 2.47. The monoisotopic (exact) mass is 300 g/mol. The first kappa shape index (κ1) is 20.8. The predicted octanol–water partition coefficient (Wildman–Crippen LogP) is 7.25. The molecule has 0 aromatic carbocycles. The first-order valence-corrected chi connectivity index (χ1v) is 9.09.